The minimum Gasteiger partial charge on any atom is -0.497 e. The maximum Gasteiger partial charge on any atom is 0.251 e. The van der Waals surface area contributed by atoms with Crippen LogP contribution in [-0.2, 0) is 6.54 Å². The topological polar surface area (TPSA) is 84.0 Å². The zero-order valence-electron chi connectivity index (χ0n) is 18.0. The molecule has 1 amide bonds. The Hall–Kier alpha value is -2.49. The van der Waals surface area contributed by atoms with E-state index in [-0.39, 0.29) is 29.9 Å². The van der Waals surface area contributed by atoms with Crippen molar-refractivity contribution in [2.75, 3.05) is 33.9 Å². The van der Waals surface area contributed by atoms with Crippen molar-refractivity contribution in [3.05, 3.63) is 59.2 Å². The van der Waals surface area contributed by atoms with Gasteiger partial charge in [-0.1, -0.05) is 18.2 Å². The standard InChI is InChI=1S/C22H30N4O3.HI/c1-5-23-22(26-15-18-10-9-16(2)13-20(18)29-4)25-12-11-24-21(27)17-7-6-8-19(14-17)28-3;/h6-10,13-14H,5,11-12,15H2,1-4H3,(H,24,27)(H2,23,25,26);1H. The van der Waals surface area contributed by atoms with Gasteiger partial charge in [0, 0.05) is 30.8 Å². The van der Waals surface area contributed by atoms with Crippen molar-refractivity contribution in [3.63, 3.8) is 0 Å². The fourth-order valence-electron chi connectivity index (χ4n) is 2.71. The van der Waals surface area contributed by atoms with Crippen LogP contribution in [0.1, 0.15) is 28.4 Å². The van der Waals surface area contributed by atoms with Crippen molar-refractivity contribution in [1.82, 2.24) is 16.0 Å². The smallest absolute Gasteiger partial charge is 0.251 e. The first-order valence-corrected chi connectivity index (χ1v) is 9.65. The number of rotatable bonds is 9. The third kappa shape index (κ3) is 8.10. The highest BCUT2D eigenvalue weighted by Crippen LogP contribution is 2.20. The lowest BCUT2D eigenvalue weighted by Crippen LogP contribution is -2.41. The highest BCUT2D eigenvalue weighted by molar-refractivity contribution is 14.0. The number of carbonyl (C=O) groups excluding carboxylic acids is 1. The molecule has 0 atom stereocenters. The van der Waals surface area contributed by atoms with E-state index in [0.29, 0.717) is 36.9 Å². The maximum absolute atomic E-state index is 12.2. The van der Waals surface area contributed by atoms with E-state index in [1.165, 1.54) is 0 Å². The molecule has 0 saturated carbocycles. The minimum absolute atomic E-state index is 0. The van der Waals surface area contributed by atoms with E-state index < -0.39 is 0 Å². The first-order valence-electron chi connectivity index (χ1n) is 9.65. The summed E-state index contributed by atoms with van der Waals surface area (Å²) in [5, 5.41) is 9.32. The number of aliphatic imine (C=N–C) groups is 1. The van der Waals surface area contributed by atoms with Crippen LogP contribution in [-0.4, -0.2) is 45.7 Å². The average Bonchev–Trinajstić information content (AvgIpc) is 2.75. The fraction of sp³-hybridized carbons (Fsp3) is 0.364. The second-order valence-electron chi connectivity index (χ2n) is 6.43. The summed E-state index contributed by atoms with van der Waals surface area (Å²) in [5.74, 6) is 2.03. The first-order chi connectivity index (χ1) is 14.1. The van der Waals surface area contributed by atoms with Gasteiger partial charge in [-0.15, -0.1) is 24.0 Å². The molecule has 2 aromatic carbocycles. The second-order valence-corrected chi connectivity index (χ2v) is 6.43. The van der Waals surface area contributed by atoms with Crippen molar-refractivity contribution < 1.29 is 14.3 Å². The van der Waals surface area contributed by atoms with Crippen LogP contribution in [0.5, 0.6) is 11.5 Å². The lowest BCUT2D eigenvalue weighted by molar-refractivity contribution is 0.0954. The van der Waals surface area contributed by atoms with Gasteiger partial charge in [0.25, 0.3) is 5.91 Å². The Labute approximate surface area is 195 Å². The number of nitrogens with zero attached hydrogens (tertiary/aromatic N) is 1. The van der Waals surface area contributed by atoms with Crippen molar-refractivity contribution in [1.29, 1.82) is 0 Å². The number of carbonyl (C=O) groups is 1. The summed E-state index contributed by atoms with van der Waals surface area (Å²) in [6.45, 7) is 6.29. The highest BCUT2D eigenvalue weighted by atomic mass is 127. The predicted molar refractivity (Wildman–Crippen MR) is 131 cm³/mol. The number of methoxy groups -OCH3 is 2. The minimum atomic E-state index is -0.142. The van der Waals surface area contributed by atoms with Crippen LogP contribution in [0.25, 0.3) is 0 Å². The second kappa shape index (κ2) is 13.7. The zero-order valence-corrected chi connectivity index (χ0v) is 20.3. The zero-order chi connectivity index (χ0) is 21.1. The molecule has 0 heterocycles. The molecule has 0 spiro atoms. The Morgan fingerprint density at radius 2 is 1.77 bits per heavy atom. The number of hydrogen-bond donors (Lipinski definition) is 3. The molecule has 164 valence electrons. The quantitative estimate of drug-likeness (QED) is 0.203. The van der Waals surface area contributed by atoms with Crippen LogP contribution < -0.4 is 25.4 Å². The molecule has 30 heavy (non-hydrogen) atoms. The third-order valence-corrected chi connectivity index (χ3v) is 4.23. The summed E-state index contributed by atoms with van der Waals surface area (Å²) >= 11 is 0. The van der Waals surface area contributed by atoms with Crippen LogP contribution in [0.4, 0.5) is 0 Å². The summed E-state index contributed by atoms with van der Waals surface area (Å²) in [6, 6.07) is 13.1. The summed E-state index contributed by atoms with van der Waals surface area (Å²) in [5.41, 5.74) is 2.73. The summed E-state index contributed by atoms with van der Waals surface area (Å²) < 4.78 is 10.6. The van der Waals surface area contributed by atoms with Gasteiger partial charge in [-0.2, -0.15) is 0 Å². The van der Waals surface area contributed by atoms with Crippen LogP contribution in [0.2, 0.25) is 0 Å². The van der Waals surface area contributed by atoms with Crippen molar-refractivity contribution in [2.24, 2.45) is 4.99 Å². The molecule has 0 unspecified atom stereocenters. The van der Waals surface area contributed by atoms with Crippen LogP contribution in [0.15, 0.2) is 47.5 Å². The molecule has 0 radical (unpaired) electrons. The lowest BCUT2D eigenvalue weighted by atomic mass is 10.1. The number of amides is 1. The Morgan fingerprint density at radius 1 is 1.00 bits per heavy atom. The molecule has 0 fully saturated rings. The van der Waals surface area contributed by atoms with Crippen molar-refractivity contribution >= 4 is 35.8 Å². The van der Waals surface area contributed by atoms with E-state index in [0.717, 1.165) is 23.4 Å². The molecule has 7 nitrogen and oxygen atoms in total. The van der Waals surface area contributed by atoms with E-state index in [1.54, 1.807) is 38.5 Å². The van der Waals surface area contributed by atoms with Gasteiger partial charge in [0.2, 0.25) is 0 Å². The van der Waals surface area contributed by atoms with E-state index in [9.17, 15) is 4.79 Å². The number of aryl methyl sites for hydroxylation is 1. The molecular formula is C22H31IN4O3. The molecule has 0 aliphatic heterocycles. The number of benzene rings is 2. The molecule has 0 bridgehead atoms. The SMILES string of the molecule is CCNC(=NCc1ccc(C)cc1OC)NCCNC(=O)c1cccc(OC)c1.I. The molecule has 8 heteroatoms. The van der Waals surface area contributed by atoms with Crippen LogP contribution in [0, 0.1) is 6.92 Å². The van der Waals surface area contributed by atoms with E-state index >= 15 is 0 Å². The van der Waals surface area contributed by atoms with Gasteiger partial charge < -0.3 is 25.4 Å². The number of hydrogen-bond acceptors (Lipinski definition) is 4. The summed E-state index contributed by atoms with van der Waals surface area (Å²) in [4.78, 5) is 16.8. The number of nitrogens with one attached hydrogen (secondary N) is 3. The molecule has 2 aromatic rings. The van der Waals surface area contributed by atoms with Crippen LogP contribution >= 0.6 is 24.0 Å². The lowest BCUT2D eigenvalue weighted by Gasteiger charge is -2.13. The molecule has 3 N–H and O–H groups in total. The van der Waals surface area contributed by atoms with Gasteiger partial charge in [0.05, 0.1) is 20.8 Å². The van der Waals surface area contributed by atoms with E-state index in [1.807, 2.05) is 32.0 Å². The molecule has 0 aromatic heterocycles. The maximum atomic E-state index is 12.2. The number of guanidine groups is 1. The third-order valence-electron chi connectivity index (χ3n) is 4.23. The van der Waals surface area contributed by atoms with E-state index in [2.05, 4.69) is 20.9 Å². The van der Waals surface area contributed by atoms with Gasteiger partial charge in [-0.3, -0.25) is 4.79 Å². The van der Waals surface area contributed by atoms with Gasteiger partial charge in [-0.25, -0.2) is 4.99 Å². The molecule has 2 rings (SSSR count). The molecule has 0 aliphatic carbocycles. The van der Waals surface area contributed by atoms with Gasteiger partial charge in [0.15, 0.2) is 5.96 Å². The first kappa shape index (κ1) is 25.5. The number of ether oxygens (including phenoxy) is 2. The summed E-state index contributed by atoms with van der Waals surface area (Å²) in [7, 11) is 3.24. The average molecular weight is 526 g/mol. The van der Waals surface area contributed by atoms with Crippen molar-refractivity contribution in [2.45, 2.75) is 20.4 Å². The molecule has 0 saturated heterocycles. The van der Waals surface area contributed by atoms with E-state index in [4.69, 9.17) is 9.47 Å². The fourth-order valence-corrected chi connectivity index (χ4v) is 2.71. The predicted octanol–water partition coefficient (Wildman–Crippen LogP) is 3.12. The van der Waals surface area contributed by atoms with Gasteiger partial charge in [-0.05, 0) is 43.7 Å². The summed E-state index contributed by atoms with van der Waals surface area (Å²) in [6.07, 6.45) is 0. The Kier molecular flexibility index (Phi) is 11.7. The largest absolute Gasteiger partial charge is 0.497 e. The Bertz CT molecular complexity index is 843. The van der Waals surface area contributed by atoms with Crippen molar-refractivity contribution in [3.8, 4) is 11.5 Å². The van der Waals surface area contributed by atoms with Gasteiger partial charge in [0.1, 0.15) is 11.5 Å². The monoisotopic (exact) mass is 526 g/mol. The molecule has 0 aliphatic rings. The highest BCUT2D eigenvalue weighted by Gasteiger charge is 2.07. The normalized spacial score (nSPS) is 10.6. The molecular weight excluding hydrogens is 495 g/mol. The van der Waals surface area contributed by atoms with Crippen LogP contribution in [0.3, 0.4) is 0 Å². The Balaban J connectivity index is 0.00000450. The van der Waals surface area contributed by atoms with Gasteiger partial charge >= 0.3 is 0 Å². The number of halogens is 1. The Morgan fingerprint density at radius 3 is 2.47 bits per heavy atom.